The summed E-state index contributed by atoms with van der Waals surface area (Å²) in [5.41, 5.74) is 1.11. The van der Waals surface area contributed by atoms with E-state index in [1.165, 1.54) is 0 Å². The molecule has 0 spiro atoms. The third-order valence-electron chi connectivity index (χ3n) is 3.16. The number of hydrogen-bond acceptors (Lipinski definition) is 6. The van der Waals surface area contributed by atoms with E-state index in [0.717, 1.165) is 15.7 Å². The Morgan fingerprint density at radius 3 is 2.59 bits per heavy atom. The minimum Gasteiger partial charge on any atom is -0.389 e. The van der Waals surface area contributed by atoms with Gasteiger partial charge in [0, 0.05) is 19.5 Å². The predicted octanol–water partition coefficient (Wildman–Crippen LogP) is 2.68. The number of rotatable bonds is 8. The molecule has 0 bridgehead atoms. The molecule has 5 nitrogen and oxygen atoms in total. The first-order valence-electron chi connectivity index (χ1n) is 7.40. The van der Waals surface area contributed by atoms with Crippen molar-refractivity contribution < 1.29 is 9.84 Å². The van der Waals surface area contributed by atoms with Gasteiger partial charge in [0.25, 0.3) is 0 Å². The molecule has 0 aliphatic rings. The highest BCUT2D eigenvalue weighted by Crippen LogP contribution is 2.24. The van der Waals surface area contributed by atoms with Crippen molar-refractivity contribution in [3.63, 3.8) is 0 Å². The van der Waals surface area contributed by atoms with E-state index < -0.39 is 6.10 Å². The largest absolute Gasteiger partial charge is 0.389 e. The van der Waals surface area contributed by atoms with Crippen LogP contribution in [0.1, 0.15) is 30.3 Å². The maximum absolute atomic E-state index is 10.1. The highest BCUT2D eigenvalue weighted by Gasteiger charge is 2.14. The van der Waals surface area contributed by atoms with Crippen LogP contribution in [0.25, 0.3) is 0 Å². The Labute approximate surface area is 135 Å². The van der Waals surface area contributed by atoms with E-state index in [2.05, 4.69) is 24.0 Å². The molecule has 1 N–H and O–H groups in total. The summed E-state index contributed by atoms with van der Waals surface area (Å²) in [6, 6.07) is 9.94. The van der Waals surface area contributed by atoms with Crippen LogP contribution in [-0.2, 0) is 11.3 Å². The van der Waals surface area contributed by atoms with Crippen LogP contribution in [-0.4, -0.2) is 41.6 Å². The van der Waals surface area contributed by atoms with E-state index in [0.29, 0.717) is 25.7 Å². The summed E-state index contributed by atoms with van der Waals surface area (Å²) >= 11 is 1.56. The second-order valence-corrected chi connectivity index (χ2v) is 6.60. The molecule has 0 radical (unpaired) electrons. The van der Waals surface area contributed by atoms with Gasteiger partial charge < -0.3 is 14.7 Å². The first kappa shape index (κ1) is 16.9. The average molecular weight is 321 g/mol. The molecule has 2 aromatic rings. The van der Waals surface area contributed by atoms with Gasteiger partial charge >= 0.3 is 0 Å². The lowest BCUT2D eigenvalue weighted by molar-refractivity contribution is 0.0324. The summed E-state index contributed by atoms with van der Waals surface area (Å²) < 4.78 is 5.55. The predicted molar refractivity (Wildman–Crippen MR) is 89.4 cm³/mol. The van der Waals surface area contributed by atoms with Crippen LogP contribution < -0.4 is 4.90 Å². The van der Waals surface area contributed by atoms with Crippen molar-refractivity contribution in [2.75, 3.05) is 25.1 Å². The minimum absolute atomic E-state index is 0.301. The van der Waals surface area contributed by atoms with Crippen LogP contribution in [0.15, 0.2) is 30.3 Å². The third-order valence-corrected chi connectivity index (χ3v) is 4.49. The lowest BCUT2D eigenvalue weighted by Gasteiger charge is -2.19. The Morgan fingerprint density at radius 2 is 1.95 bits per heavy atom. The molecule has 6 heteroatoms. The van der Waals surface area contributed by atoms with Crippen molar-refractivity contribution in [3.8, 4) is 0 Å². The highest BCUT2D eigenvalue weighted by molar-refractivity contribution is 7.15. The van der Waals surface area contributed by atoms with Gasteiger partial charge in [-0.2, -0.15) is 0 Å². The van der Waals surface area contributed by atoms with Crippen LogP contribution in [0.3, 0.4) is 0 Å². The van der Waals surface area contributed by atoms with Gasteiger partial charge in [0.05, 0.1) is 19.3 Å². The zero-order valence-corrected chi connectivity index (χ0v) is 14.1. The molecule has 0 aliphatic carbocycles. The van der Waals surface area contributed by atoms with Crippen LogP contribution in [0.5, 0.6) is 0 Å². The van der Waals surface area contributed by atoms with Crippen molar-refractivity contribution in [2.24, 2.45) is 0 Å². The van der Waals surface area contributed by atoms with Crippen molar-refractivity contribution in [2.45, 2.75) is 32.5 Å². The summed E-state index contributed by atoms with van der Waals surface area (Å²) in [4.78, 5) is 1.92. The van der Waals surface area contributed by atoms with Gasteiger partial charge in [0.2, 0.25) is 5.13 Å². The molecule has 22 heavy (non-hydrogen) atoms. The van der Waals surface area contributed by atoms with E-state index in [-0.39, 0.29) is 0 Å². The van der Waals surface area contributed by atoms with Gasteiger partial charge in [-0.25, -0.2) is 0 Å². The first-order valence-corrected chi connectivity index (χ1v) is 8.22. The third kappa shape index (κ3) is 5.05. The smallest absolute Gasteiger partial charge is 0.208 e. The van der Waals surface area contributed by atoms with E-state index in [4.69, 9.17) is 4.74 Å². The molecular formula is C16H23N3O2S. The zero-order chi connectivity index (χ0) is 15.9. The maximum Gasteiger partial charge on any atom is 0.208 e. The van der Waals surface area contributed by atoms with Crippen LogP contribution in [0, 0.1) is 0 Å². The normalized spacial score (nSPS) is 12.6. The number of likely N-dealkylation sites (N-methyl/N-ethyl adjacent to an activating group) is 1. The molecule has 0 aliphatic heterocycles. The van der Waals surface area contributed by atoms with E-state index >= 15 is 0 Å². The molecule has 1 unspecified atom stereocenters. The van der Waals surface area contributed by atoms with Crippen LogP contribution >= 0.6 is 11.3 Å². The molecule has 0 fully saturated rings. The molecule has 120 valence electrons. The Hall–Kier alpha value is -1.50. The molecule has 0 amide bonds. The van der Waals surface area contributed by atoms with Gasteiger partial charge in [-0.3, -0.25) is 0 Å². The summed E-state index contributed by atoms with van der Waals surface area (Å²) in [6.45, 7) is 5.47. The number of aromatic nitrogens is 2. The monoisotopic (exact) mass is 321 g/mol. The Balaban J connectivity index is 1.74. The molecule has 0 saturated carbocycles. The van der Waals surface area contributed by atoms with Crippen molar-refractivity contribution in [3.05, 3.63) is 40.9 Å². The average Bonchev–Trinajstić information content (AvgIpc) is 2.98. The molecule has 1 aromatic carbocycles. The molecule has 1 atom stereocenters. The van der Waals surface area contributed by atoms with Gasteiger partial charge in [0.1, 0.15) is 5.01 Å². The van der Waals surface area contributed by atoms with Gasteiger partial charge in [0.15, 0.2) is 0 Å². The van der Waals surface area contributed by atoms with Crippen LogP contribution in [0.2, 0.25) is 0 Å². The number of hydrogen-bond donors (Lipinski definition) is 1. The van der Waals surface area contributed by atoms with Gasteiger partial charge in [-0.05, 0) is 5.56 Å². The quantitative estimate of drug-likeness (QED) is 0.810. The fourth-order valence-electron chi connectivity index (χ4n) is 1.95. The van der Waals surface area contributed by atoms with E-state index in [1.807, 2.05) is 42.3 Å². The SMILES string of the molecule is CC(C)c1nnc(N(C)CC(O)COCc2ccccc2)s1. The van der Waals surface area contributed by atoms with E-state index in [9.17, 15) is 5.11 Å². The molecular weight excluding hydrogens is 298 g/mol. The number of ether oxygens (including phenoxy) is 1. The highest BCUT2D eigenvalue weighted by atomic mass is 32.1. The summed E-state index contributed by atoms with van der Waals surface area (Å²) in [5, 5.41) is 20.2. The van der Waals surface area contributed by atoms with Crippen molar-refractivity contribution in [1.82, 2.24) is 10.2 Å². The standard InChI is InChI=1S/C16H23N3O2S/c1-12(2)15-17-18-16(22-15)19(3)9-14(20)11-21-10-13-7-5-4-6-8-13/h4-8,12,14,20H,9-11H2,1-3H3. The fraction of sp³-hybridized carbons (Fsp3) is 0.500. The second kappa shape index (κ2) is 8.22. The molecule has 1 heterocycles. The second-order valence-electron chi connectivity index (χ2n) is 5.61. The minimum atomic E-state index is -0.555. The molecule has 0 saturated heterocycles. The fourth-order valence-corrected chi connectivity index (χ4v) is 2.76. The lowest BCUT2D eigenvalue weighted by Crippen LogP contribution is -2.32. The summed E-state index contributed by atoms with van der Waals surface area (Å²) in [5.74, 6) is 0.374. The molecule has 1 aromatic heterocycles. The van der Waals surface area contributed by atoms with Crippen LogP contribution in [0.4, 0.5) is 5.13 Å². The number of aliphatic hydroxyl groups is 1. The van der Waals surface area contributed by atoms with Crippen molar-refractivity contribution >= 4 is 16.5 Å². The van der Waals surface area contributed by atoms with Gasteiger partial charge in [-0.15, -0.1) is 10.2 Å². The first-order chi connectivity index (χ1) is 10.6. The lowest BCUT2D eigenvalue weighted by atomic mass is 10.2. The van der Waals surface area contributed by atoms with Crippen molar-refractivity contribution in [1.29, 1.82) is 0 Å². The Kier molecular flexibility index (Phi) is 6.30. The Bertz CT molecular complexity index is 560. The summed E-state index contributed by atoms with van der Waals surface area (Å²) in [7, 11) is 1.91. The van der Waals surface area contributed by atoms with Gasteiger partial charge in [-0.1, -0.05) is 55.5 Å². The molecule has 2 rings (SSSR count). The van der Waals surface area contributed by atoms with E-state index in [1.54, 1.807) is 11.3 Å². The topological polar surface area (TPSA) is 58.5 Å². The number of anilines is 1. The zero-order valence-electron chi connectivity index (χ0n) is 13.3. The number of nitrogens with zero attached hydrogens (tertiary/aromatic N) is 3. The summed E-state index contributed by atoms with van der Waals surface area (Å²) in [6.07, 6.45) is -0.555. The maximum atomic E-state index is 10.1. The number of benzene rings is 1. The number of aliphatic hydroxyl groups excluding tert-OH is 1. The Morgan fingerprint density at radius 1 is 1.23 bits per heavy atom.